The van der Waals surface area contributed by atoms with Gasteiger partial charge in [-0.15, -0.1) is 0 Å². The smallest absolute Gasteiger partial charge is 0.418 e. The number of nitrogens with one attached hydrogen (secondary N) is 1. The normalized spacial score (nSPS) is 10.5. The third kappa shape index (κ3) is 7.10. The molecule has 8 heteroatoms. The standard InChI is InChI=1S/C15H11F4NO2.C3H8O/c16-11-3-1-10(2-4-11)8-22-12-5-6-14(20-9-21)13(7-12)15(17,18)19;1-3-4-2/h1-7,9H,8H2,(H,20,21);3H2,1-2H3. The molecule has 0 unspecified atom stereocenters. The minimum Gasteiger partial charge on any atom is -0.489 e. The number of hydrogen-bond donors (Lipinski definition) is 1. The van der Waals surface area contributed by atoms with E-state index in [1.807, 2.05) is 12.2 Å². The van der Waals surface area contributed by atoms with Crippen molar-refractivity contribution in [3.63, 3.8) is 0 Å². The Bertz CT molecular complexity index is 686. The Labute approximate surface area is 148 Å². The van der Waals surface area contributed by atoms with Crippen LogP contribution in [-0.4, -0.2) is 20.1 Å². The lowest BCUT2D eigenvalue weighted by atomic mass is 10.1. The van der Waals surface area contributed by atoms with E-state index in [1.165, 1.54) is 30.3 Å². The highest BCUT2D eigenvalue weighted by Crippen LogP contribution is 2.37. The van der Waals surface area contributed by atoms with E-state index in [0.29, 0.717) is 5.56 Å². The van der Waals surface area contributed by atoms with Crippen molar-refractivity contribution in [1.82, 2.24) is 0 Å². The number of rotatable bonds is 6. The Morgan fingerprint density at radius 2 is 1.73 bits per heavy atom. The number of carbonyl (C=O) groups is 1. The van der Waals surface area contributed by atoms with Crippen molar-refractivity contribution in [2.75, 3.05) is 19.0 Å². The topological polar surface area (TPSA) is 47.6 Å². The molecule has 142 valence electrons. The minimum atomic E-state index is -4.62. The SMILES string of the molecule is CCOC.O=CNc1ccc(OCc2ccc(F)cc2)cc1C(F)(F)F. The van der Waals surface area contributed by atoms with E-state index in [4.69, 9.17) is 4.74 Å². The van der Waals surface area contributed by atoms with Crippen molar-refractivity contribution >= 4 is 12.1 Å². The van der Waals surface area contributed by atoms with Crippen LogP contribution in [-0.2, 0) is 22.3 Å². The van der Waals surface area contributed by atoms with Crippen LogP contribution in [0.1, 0.15) is 18.1 Å². The van der Waals surface area contributed by atoms with E-state index in [-0.39, 0.29) is 24.5 Å². The molecule has 0 radical (unpaired) electrons. The zero-order valence-corrected chi connectivity index (χ0v) is 14.3. The number of methoxy groups -OCH3 is 1. The van der Waals surface area contributed by atoms with Crippen LogP contribution < -0.4 is 10.1 Å². The Hall–Kier alpha value is -2.61. The van der Waals surface area contributed by atoms with Crippen LogP contribution in [0.15, 0.2) is 42.5 Å². The van der Waals surface area contributed by atoms with Crippen molar-refractivity contribution in [2.24, 2.45) is 0 Å². The van der Waals surface area contributed by atoms with Crippen molar-refractivity contribution < 1.29 is 31.8 Å². The average molecular weight is 373 g/mol. The second-order valence-corrected chi connectivity index (χ2v) is 4.96. The van der Waals surface area contributed by atoms with Gasteiger partial charge >= 0.3 is 6.18 Å². The third-order valence-electron chi connectivity index (χ3n) is 3.12. The maximum absolute atomic E-state index is 12.9. The number of ether oxygens (including phenoxy) is 2. The summed E-state index contributed by atoms with van der Waals surface area (Å²) in [5.41, 5.74) is -0.738. The van der Waals surface area contributed by atoms with Crippen molar-refractivity contribution in [3.8, 4) is 5.75 Å². The predicted octanol–water partition coefficient (Wildman–Crippen LogP) is 4.64. The lowest BCUT2D eigenvalue weighted by molar-refractivity contribution is -0.137. The molecule has 0 atom stereocenters. The van der Waals surface area contributed by atoms with Crippen LogP contribution in [0.25, 0.3) is 0 Å². The Balaban J connectivity index is 0.000000765. The summed E-state index contributed by atoms with van der Waals surface area (Å²) in [5, 5.41) is 1.99. The summed E-state index contributed by atoms with van der Waals surface area (Å²) in [4.78, 5) is 10.3. The zero-order chi connectivity index (χ0) is 19.6. The van der Waals surface area contributed by atoms with E-state index < -0.39 is 17.6 Å². The predicted molar refractivity (Wildman–Crippen MR) is 89.4 cm³/mol. The van der Waals surface area contributed by atoms with E-state index in [1.54, 1.807) is 7.11 Å². The van der Waals surface area contributed by atoms with Gasteiger partial charge in [0, 0.05) is 13.7 Å². The summed E-state index contributed by atoms with van der Waals surface area (Å²) in [7, 11) is 1.68. The second kappa shape index (κ2) is 10.4. The van der Waals surface area contributed by atoms with E-state index in [0.717, 1.165) is 18.7 Å². The van der Waals surface area contributed by atoms with Gasteiger partial charge in [0.1, 0.15) is 18.2 Å². The van der Waals surface area contributed by atoms with Crippen LogP contribution in [0.5, 0.6) is 5.75 Å². The molecule has 0 heterocycles. The number of hydrogen-bond acceptors (Lipinski definition) is 3. The Morgan fingerprint density at radius 3 is 2.23 bits per heavy atom. The first kappa shape index (κ1) is 21.4. The third-order valence-corrected chi connectivity index (χ3v) is 3.12. The van der Waals surface area contributed by atoms with Gasteiger partial charge in [-0.2, -0.15) is 13.2 Å². The highest BCUT2D eigenvalue weighted by molar-refractivity contribution is 5.74. The highest BCUT2D eigenvalue weighted by Gasteiger charge is 2.34. The molecule has 2 aromatic rings. The molecule has 26 heavy (non-hydrogen) atoms. The number of anilines is 1. The largest absolute Gasteiger partial charge is 0.489 e. The number of alkyl halides is 3. The van der Waals surface area contributed by atoms with Gasteiger partial charge < -0.3 is 14.8 Å². The van der Waals surface area contributed by atoms with Crippen molar-refractivity contribution in [2.45, 2.75) is 19.7 Å². The number of benzene rings is 2. The molecule has 1 N–H and O–H groups in total. The van der Waals surface area contributed by atoms with E-state index in [2.05, 4.69) is 4.74 Å². The summed E-state index contributed by atoms with van der Waals surface area (Å²) in [6.07, 6.45) is -4.45. The van der Waals surface area contributed by atoms with Crippen LogP contribution in [0.3, 0.4) is 0 Å². The summed E-state index contributed by atoms with van der Waals surface area (Å²) in [6, 6.07) is 8.63. The molecule has 4 nitrogen and oxygen atoms in total. The van der Waals surface area contributed by atoms with Crippen LogP contribution in [0.4, 0.5) is 23.2 Å². The Kier molecular flexibility index (Phi) is 8.57. The molecule has 0 saturated carbocycles. The first-order valence-corrected chi connectivity index (χ1v) is 7.59. The number of halogens is 4. The molecule has 0 aliphatic rings. The van der Waals surface area contributed by atoms with Crippen LogP contribution in [0, 0.1) is 5.82 Å². The first-order valence-electron chi connectivity index (χ1n) is 7.59. The molecule has 0 aliphatic carbocycles. The average Bonchev–Trinajstić information content (AvgIpc) is 2.61. The van der Waals surface area contributed by atoms with Gasteiger partial charge in [0.25, 0.3) is 0 Å². The Morgan fingerprint density at radius 1 is 1.12 bits per heavy atom. The molecule has 2 aromatic carbocycles. The van der Waals surface area contributed by atoms with Crippen molar-refractivity contribution in [3.05, 3.63) is 59.4 Å². The number of carbonyl (C=O) groups excluding carboxylic acids is 1. The minimum absolute atomic E-state index is 0.00195. The lowest BCUT2D eigenvalue weighted by Crippen LogP contribution is -2.10. The number of amides is 1. The molecular formula is C18H19F4NO3. The van der Waals surface area contributed by atoms with Gasteiger partial charge in [-0.1, -0.05) is 12.1 Å². The maximum atomic E-state index is 12.9. The van der Waals surface area contributed by atoms with Gasteiger partial charge in [-0.05, 0) is 42.8 Å². The van der Waals surface area contributed by atoms with Crippen molar-refractivity contribution in [1.29, 1.82) is 0 Å². The van der Waals surface area contributed by atoms with E-state index >= 15 is 0 Å². The summed E-state index contributed by atoms with van der Waals surface area (Å²) in [5.74, 6) is -0.416. The fourth-order valence-corrected chi connectivity index (χ4v) is 1.78. The van der Waals surface area contributed by atoms with Gasteiger partial charge in [-0.25, -0.2) is 4.39 Å². The van der Waals surface area contributed by atoms with Gasteiger partial charge in [0.2, 0.25) is 6.41 Å². The molecule has 2 rings (SSSR count). The monoisotopic (exact) mass is 373 g/mol. The molecule has 0 spiro atoms. The second-order valence-electron chi connectivity index (χ2n) is 4.96. The molecule has 0 bridgehead atoms. The molecule has 0 saturated heterocycles. The zero-order valence-electron chi connectivity index (χ0n) is 14.3. The van der Waals surface area contributed by atoms with E-state index in [9.17, 15) is 22.4 Å². The quantitative estimate of drug-likeness (QED) is 0.593. The van der Waals surface area contributed by atoms with Gasteiger partial charge in [0.15, 0.2) is 0 Å². The molecular weight excluding hydrogens is 354 g/mol. The summed E-state index contributed by atoms with van der Waals surface area (Å²) in [6.45, 7) is 2.78. The molecule has 0 fully saturated rings. The maximum Gasteiger partial charge on any atom is 0.418 e. The van der Waals surface area contributed by atoms with Crippen LogP contribution >= 0.6 is 0 Å². The molecule has 1 amide bonds. The lowest BCUT2D eigenvalue weighted by Gasteiger charge is -2.14. The van der Waals surface area contributed by atoms with Gasteiger partial charge in [-0.3, -0.25) is 4.79 Å². The molecule has 0 aromatic heterocycles. The van der Waals surface area contributed by atoms with Crippen LogP contribution in [0.2, 0.25) is 0 Å². The highest BCUT2D eigenvalue weighted by atomic mass is 19.4. The fraction of sp³-hybridized carbons (Fsp3) is 0.278. The summed E-state index contributed by atoms with van der Waals surface area (Å²) < 4.78 is 61.3. The summed E-state index contributed by atoms with van der Waals surface area (Å²) >= 11 is 0. The van der Waals surface area contributed by atoms with Gasteiger partial charge in [0.05, 0.1) is 11.3 Å². The molecule has 0 aliphatic heterocycles. The fourth-order valence-electron chi connectivity index (χ4n) is 1.78. The first-order chi connectivity index (χ1) is 12.3.